The molecule has 1 rings (SSSR count). The number of aryl methyl sites for hydroxylation is 3. The third-order valence-corrected chi connectivity index (χ3v) is 4.62. The van der Waals surface area contributed by atoms with Crippen LogP contribution in [0.2, 0.25) is 0 Å². The lowest BCUT2D eigenvalue weighted by atomic mass is 10.00. The fourth-order valence-corrected chi connectivity index (χ4v) is 3.18. The van der Waals surface area contributed by atoms with E-state index in [4.69, 9.17) is 0 Å². The van der Waals surface area contributed by atoms with E-state index < -0.39 is 0 Å². The van der Waals surface area contributed by atoms with Gasteiger partial charge in [-0.25, -0.2) is 0 Å². The number of hydrogen-bond acceptors (Lipinski definition) is 1. The maximum Gasteiger partial charge on any atom is 0.121 e. The molecule has 126 valence electrons. The molecule has 0 bridgehead atoms. The molecule has 1 heteroatoms. The highest BCUT2D eigenvalue weighted by atomic mass is 16.3. The van der Waals surface area contributed by atoms with E-state index in [2.05, 4.69) is 19.1 Å². The Morgan fingerprint density at radius 3 is 1.55 bits per heavy atom. The molecule has 0 saturated heterocycles. The maximum atomic E-state index is 9.79. The number of hydrogen-bond donors (Lipinski definition) is 1. The Kier molecular flexibility index (Phi) is 10.0. The first-order valence-electron chi connectivity index (χ1n) is 9.44. The molecule has 1 aromatic rings. The zero-order valence-electron chi connectivity index (χ0n) is 15.1. The Bertz CT molecular complexity index is 385. The zero-order chi connectivity index (χ0) is 16.2. The van der Waals surface area contributed by atoms with Gasteiger partial charge in [0.1, 0.15) is 5.75 Å². The quantitative estimate of drug-likeness (QED) is 0.418. The molecule has 0 aliphatic carbocycles. The highest BCUT2D eigenvalue weighted by molar-refractivity contribution is 5.42. The van der Waals surface area contributed by atoms with Gasteiger partial charge in [-0.05, 0) is 43.4 Å². The van der Waals surface area contributed by atoms with Gasteiger partial charge >= 0.3 is 0 Å². The normalized spacial score (nSPS) is 11.0. The van der Waals surface area contributed by atoms with Crippen molar-refractivity contribution in [2.24, 2.45) is 0 Å². The first kappa shape index (κ1) is 19.1. The summed E-state index contributed by atoms with van der Waals surface area (Å²) in [5.41, 5.74) is 3.40. The molecule has 0 unspecified atom stereocenters. The van der Waals surface area contributed by atoms with Gasteiger partial charge in [0, 0.05) is 0 Å². The molecule has 1 aromatic carbocycles. The highest BCUT2D eigenvalue weighted by Crippen LogP contribution is 2.24. The van der Waals surface area contributed by atoms with E-state index in [1.54, 1.807) is 0 Å². The standard InChI is InChI=1S/C21H36O/c1-4-5-6-7-8-9-10-11-12-13-14-15-20-16-18(2)21(22)19(3)17-20/h16-17,22H,4-15H2,1-3H3. The predicted octanol–water partition coefficient (Wildman–Crippen LogP) is 6.86. The van der Waals surface area contributed by atoms with Crippen LogP contribution in [0.25, 0.3) is 0 Å². The SMILES string of the molecule is CCCCCCCCCCCCCc1cc(C)c(O)c(C)c1. The van der Waals surface area contributed by atoms with Crippen LogP contribution in [0.1, 0.15) is 94.2 Å². The van der Waals surface area contributed by atoms with Crippen molar-refractivity contribution in [2.75, 3.05) is 0 Å². The summed E-state index contributed by atoms with van der Waals surface area (Å²) < 4.78 is 0. The van der Waals surface area contributed by atoms with E-state index in [1.807, 2.05) is 13.8 Å². The molecule has 0 fully saturated rings. The van der Waals surface area contributed by atoms with Crippen LogP contribution in [0.15, 0.2) is 12.1 Å². The second kappa shape index (κ2) is 11.6. The molecule has 0 aromatic heterocycles. The minimum atomic E-state index is 0.461. The number of phenols is 1. The third-order valence-electron chi connectivity index (χ3n) is 4.62. The summed E-state index contributed by atoms with van der Waals surface area (Å²) in [5.74, 6) is 0.461. The van der Waals surface area contributed by atoms with E-state index in [1.165, 1.54) is 76.2 Å². The molecule has 1 nitrogen and oxygen atoms in total. The van der Waals surface area contributed by atoms with E-state index in [0.717, 1.165) is 17.5 Å². The minimum absolute atomic E-state index is 0.461. The molecular formula is C21H36O. The van der Waals surface area contributed by atoms with Gasteiger partial charge in [-0.3, -0.25) is 0 Å². The number of rotatable bonds is 12. The molecule has 22 heavy (non-hydrogen) atoms. The van der Waals surface area contributed by atoms with E-state index in [-0.39, 0.29) is 0 Å². The zero-order valence-corrected chi connectivity index (χ0v) is 15.1. The summed E-state index contributed by atoms with van der Waals surface area (Å²) in [7, 11) is 0. The van der Waals surface area contributed by atoms with Crippen LogP contribution in [0.5, 0.6) is 5.75 Å². The highest BCUT2D eigenvalue weighted by Gasteiger charge is 2.03. The van der Waals surface area contributed by atoms with Crippen LogP contribution < -0.4 is 0 Å². The smallest absolute Gasteiger partial charge is 0.121 e. The van der Waals surface area contributed by atoms with Gasteiger partial charge in [-0.2, -0.15) is 0 Å². The molecular weight excluding hydrogens is 268 g/mol. The molecule has 0 radical (unpaired) electrons. The number of benzene rings is 1. The number of unbranched alkanes of at least 4 members (excludes halogenated alkanes) is 10. The average Bonchev–Trinajstić information content (AvgIpc) is 2.50. The topological polar surface area (TPSA) is 20.2 Å². The first-order chi connectivity index (χ1) is 10.6. The average molecular weight is 305 g/mol. The Balaban J connectivity index is 2.00. The molecule has 0 aliphatic heterocycles. The Hall–Kier alpha value is -0.980. The predicted molar refractivity (Wildman–Crippen MR) is 97.7 cm³/mol. The number of phenolic OH excluding ortho intramolecular Hbond substituents is 1. The van der Waals surface area contributed by atoms with Gasteiger partial charge in [0.15, 0.2) is 0 Å². The maximum absolute atomic E-state index is 9.79. The van der Waals surface area contributed by atoms with Gasteiger partial charge in [0.25, 0.3) is 0 Å². The second-order valence-electron chi connectivity index (χ2n) is 6.86. The van der Waals surface area contributed by atoms with Crippen LogP contribution in [-0.4, -0.2) is 5.11 Å². The monoisotopic (exact) mass is 304 g/mol. The van der Waals surface area contributed by atoms with Crippen LogP contribution in [0, 0.1) is 13.8 Å². The summed E-state index contributed by atoms with van der Waals surface area (Å²) in [4.78, 5) is 0. The Morgan fingerprint density at radius 1 is 0.682 bits per heavy atom. The van der Waals surface area contributed by atoms with Crippen molar-refractivity contribution in [3.63, 3.8) is 0 Å². The molecule has 0 saturated carbocycles. The van der Waals surface area contributed by atoms with Crippen LogP contribution in [-0.2, 0) is 6.42 Å². The van der Waals surface area contributed by atoms with Gasteiger partial charge in [-0.1, -0.05) is 83.3 Å². The van der Waals surface area contributed by atoms with Crippen LogP contribution in [0.3, 0.4) is 0 Å². The molecule has 0 atom stereocenters. The van der Waals surface area contributed by atoms with Crippen LogP contribution in [0.4, 0.5) is 0 Å². The lowest BCUT2D eigenvalue weighted by Gasteiger charge is -2.08. The van der Waals surface area contributed by atoms with Crippen molar-refractivity contribution < 1.29 is 5.11 Å². The van der Waals surface area contributed by atoms with Crippen molar-refractivity contribution in [1.82, 2.24) is 0 Å². The summed E-state index contributed by atoms with van der Waals surface area (Å²) >= 11 is 0. The summed E-state index contributed by atoms with van der Waals surface area (Å²) in [5, 5.41) is 9.79. The third kappa shape index (κ3) is 7.87. The van der Waals surface area contributed by atoms with E-state index in [0.29, 0.717) is 5.75 Å². The minimum Gasteiger partial charge on any atom is -0.507 e. The number of aromatic hydroxyl groups is 1. The molecule has 1 N–H and O–H groups in total. The van der Waals surface area contributed by atoms with Gasteiger partial charge in [-0.15, -0.1) is 0 Å². The molecule has 0 amide bonds. The van der Waals surface area contributed by atoms with E-state index >= 15 is 0 Å². The summed E-state index contributed by atoms with van der Waals surface area (Å²) in [6.07, 6.45) is 16.5. The van der Waals surface area contributed by atoms with Crippen molar-refractivity contribution in [1.29, 1.82) is 0 Å². The summed E-state index contributed by atoms with van der Waals surface area (Å²) in [6, 6.07) is 4.28. The lowest BCUT2D eigenvalue weighted by Crippen LogP contribution is -1.90. The Labute approximate surface area is 138 Å². The fourth-order valence-electron chi connectivity index (χ4n) is 3.18. The lowest BCUT2D eigenvalue weighted by molar-refractivity contribution is 0.466. The van der Waals surface area contributed by atoms with Crippen molar-refractivity contribution in [3.05, 3.63) is 28.8 Å². The fraction of sp³-hybridized carbons (Fsp3) is 0.714. The van der Waals surface area contributed by atoms with E-state index in [9.17, 15) is 5.11 Å². The largest absolute Gasteiger partial charge is 0.507 e. The van der Waals surface area contributed by atoms with Crippen molar-refractivity contribution in [3.8, 4) is 5.75 Å². The molecule has 0 aliphatic rings. The molecule has 0 spiro atoms. The van der Waals surface area contributed by atoms with Gasteiger partial charge in [0.05, 0.1) is 0 Å². The van der Waals surface area contributed by atoms with Crippen LogP contribution >= 0.6 is 0 Å². The summed E-state index contributed by atoms with van der Waals surface area (Å²) in [6.45, 7) is 6.26. The molecule has 0 heterocycles. The second-order valence-corrected chi connectivity index (χ2v) is 6.86. The van der Waals surface area contributed by atoms with Gasteiger partial charge < -0.3 is 5.11 Å². The van der Waals surface area contributed by atoms with Crippen molar-refractivity contribution >= 4 is 0 Å². The first-order valence-corrected chi connectivity index (χ1v) is 9.44. The Morgan fingerprint density at radius 2 is 1.09 bits per heavy atom. The van der Waals surface area contributed by atoms with Crippen molar-refractivity contribution in [2.45, 2.75) is 97.8 Å². The van der Waals surface area contributed by atoms with Gasteiger partial charge in [0.2, 0.25) is 0 Å².